The number of hydrogen-bond donors (Lipinski definition) is 2. The second-order valence-corrected chi connectivity index (χ2v) is 4.50. The van der Waals surface area contributed by atoms with Crippen molar-refractivity contribution < 1.29 is 24.1 Å². The summed E-state index contributed by atoms with van der Waals surface area (Å²) in [7, 11) is 0. The molecule has 9 heteroatoms. The van der Waals surface area contributed by atoms with Crippen LogP contribution >= 0.6 is 0 Å². The highest BCUT2D eigenvalue weighted by molar-refractivity contribution is 5.96. The van der Waals surface area contributed by atoms with Crippen molar-refractivity contribution in [3.05, 3.63) is 5.69 Å². The van der Waals surface area contributed by atoms with Crippen molar-refractivity contribution in [3.63, 3.8) is 0 Å². The summed E-state index contributed by atoms with van der Waals surface area (Å²) in [6.45, 7) is 1.19. The highest BCUT2D eigenvalue weighted by Crippen LogP contribution is 2.17. The quantitative estimate of drug-likeness (QED) is 0.756. The van der Waals surface area contributed by atoms with Gasteiger partial charge in [0.2, 0.25) is 11.5 Å². The number of nitrogens with zero attached hydrogens (tertiary/aromatic N) is 3. The van der Waals surface area contributed by atoms with E-state index in [9.17, 15) is 9.59 Å². The van der Waals surface area contributed by atoms with E-state index in [1.807, 2.05) is 0 Å². The fourth-order valence-corrected chi connectivity index (χ4v) is 2.03. The number of carboxylic acid groups (broad SMARTS) is 1. The van der Waals surface area contributed by atoms with E-state index < -0.39 is 5.97 Å². The van der Waals surface area contributed by atoms with E-state index in [0.29, 0.717) is 25.9 Å². The highest BCUT2D eigenvalue weighted by atomic mass is 16.6. The number of carbonyl (C=O) groups is 2. The molecule has 0 radical (unpaired) electrons. The maximum atomic E-state index is 12.1. The molecule has 0 spiro atoms. The van der Waals surface area contributed by atoms with Crippen LogP contribution in [0.3, 0.4) is 0 Å². The number of rotatable bonds is 5. The van der Waals surface area contributed by atoms with Crippen LogP contribution in [0.4, 0.5) is 5.82 Å². The lowest BCUT2D eigenvalue weighted by atomic mass is 10.1. The van der Waals surface area contributed by atoms with Crippen LogP contribution in [0, 0.1) is 0 Å². The summed E-state index contributed by atoms with van der Waals surface area (Å²) < 4.78 is 9.85. The van der Waals surface area contributed by atoms with Crippen molar-refractivity contribution >= 4 is 17.7 Å². The zero-order chi connectivity index (χ0) is 14.5. The first-order chi connectivity index (χ1) is 9.58. The molecule has 0 unspecified atom stereocenters. The molecule has 0 atom stereocenters. The van der Waals surface area contributed by atoms with Crippen LogP contribution in [-0.2, 0) is 9.53 Å². The molecule has 2 rings (SSSR count). The molecule has 2 heterocycles. The Hall–Kier alpha value is -2.16. The molecule has 1 fully saturated rings. The predicted molar refractivity (Wildman–Crippen MR) is 65.8 cm³/mol. The van der Waals surface area contributed by atoms with E-state index in [1.165, 1.54) is 0 Å². The molecular formula is C11H16N4O5. The number of amides is 1. The Morgan fingerprint density at radius 1 is 1.40 bits per heavy atom. The summed E-state index contributed by atoms with van der Waals surface area (Å²) >= 11 is 0. The number of nitrogen functional groups attached to an aromatic ring is 1. The zero-order valence-electron chi connectivity index (χ0n) is 10.8. The Morgan fingerprint density at radius 2 is 2.10 bits per heavy atom. The number of hydrogen-bond acceptors (Lipinski definition) is 7. The largest absolute Gasteiger partial charge is 0.481 e. The van der Waals surface area contributed by atoms with E-state index in [4.69, 9.17) is 15.6 Å². The summed E-state index contributed by atoms with van der Waals surface area (Å²) in [5.41, 5.74) is 5.50. The van der Waals surface area contributed by atoms with Gasteiger partial charge in [-0.2, -0.15) is 0 Å². The minimum Gasteiger partial charge on any atom is -0.481 e. The van der Waals surface area contributed by atoms with Crippen molar-refractivity contribution in [1.82, 2.24) is 15.2 Å². The summed E-state index contributed by atoms with van der Waals surface area (Å²) in [5, 5.41) is 15.4. The van der Waals surface area contributed by atoms with Crippen LogP contribution in [-0.4, -0.2) is 58.0 Å². The summed E-state index contributed by atoms with van der Waals surface area (Å²) in [5.74, 6) is -1.21. The van der Waals surface area contributed by atoms with Gasteiger partial charge in [0, 0.05) is 13.1 Å². The van der Waals surface area contributed by atoms with Crippen molar-refractivity contribution in [2.24, 2.45) is 0 Å². The molecule has 1 aliphatic heterocycles. The van der Waals surface area contributed by atoms with Gasteiger partial charge in [0.15, 0.2) is 0 Å². The number of piperidine rings is 1. The SMILES string of the molecule is Nc1nonc1C(=O)N1CCC(OCCC(=O)O)CC1. The van der Waals surface area contributed by atoms with Gasteiger partial charge < -0.3 is 20.5 Å². The number of nitrogens with two attached hydrogens (primary N) is 1. The van der Waals surface area contributed by atoms with Gasteiger partial charge in [0.1, 0.15) is 0 Å². The smallest absolute Gasteiger partial charge is 0.305 e. The Balaban J connectivity index is 1.78. The van der Waals surface area contributed by atoms with Crippen molar-refractivity contribution in [2.45, 2.75) is 25.4 Å². The molecule has 1 aliphatic rings. The summed E-state index contributed by atoms with van der Waals surface area (Å²) in [6.07, 6.45) is 1.26. The molecule has 1 saturated heterocycles. The van der Waals surface area contributed by atoms with Gasteiger partial charge in [-0.1, -0.05) is 0 Å². The number of aromatic nitrogens is 2. The van der Waals surface area contributed by atoms with Crippen LogP contribution in [0.15, 0.2) is 4.63 Å². The Morgan fingerprint density at radius 3 is 2.65 bits per heavy atom. The third-order valence-corrected chi connectivity index (χ3v) is 3.12. The van der Waals surface area contributed by atoms with Gasteiger partial charge in [0.25, 0.3) is 5.91 Å². The number of carboxylic acids is 1. The molecule has 1 aromatic heterocycles. The first-order valence-electron chi connectivity index (χ1n) is 6.28. The fraction of sp³-hybridized carbons (Fsp3) is 0.636. The number of anilines is 1. The second kappa shape index (κ2) is 6.33. The second-order valence-electron chi connectivity index (χ2n) is 4.50. The molecule has 1 amide bonds. The summed E-state index contributed by atoms with van der Waals surface area (Å²) in [6, 6.07) is 0. The number of aliphatic carboxylic acids is 1. The number of carbonyl (C=O) groups excluding carboxylic acids is 1. The molecule has 110 valence electrons. The Bertz CT molecular complexity index is 481. The minimum absolute atomic E-state index is 0.0136. The number of likely N-dealkylation sites (tertiary alicyclic amines) is 1. The molecule has 0 bridgehead atoms. The lowest BCUT2D eigenvalue weighted by Gasteiger charge is -2.31. The van der Waals surface area contributed by atoms with Crippen molar-refractivity contribution in [2.75, 3.05) is 25.4 Å². The van der Waals surface area contributed by atoms with Crippen LogP contribution in [0.25, 0.3) is 0 Å². The van der Waals surface area contributed by atoms with Crippen molar-refractivity contribution in [3.8, 4) is 0 Å². The predicted octanol–water partition coefficient (Wildman–Crippen LogP) is -0.252. The van der Waals surface area contributed by atoms with Gasteiger partial charge in [-0.05, 0) is 23.2 Å². The van der Waals surface area contributed by atoms with Crippen LogP contribution < -0.4 is 5.73 Å². The average Bonchev–Trinajstić information content (AvgIpc) is 2.84. The van der Waals surface area contributed by atoms with E-state index in [-0.39, 0.29) is 36.6 Å². The van der Waals surface area contributed by atoms with Crippen LogP contribution in [0.1, 0.15) is 29.8 Å². The molecule has 0 aliphatic carbocycles. The van der Waals surface area contributed by atoms with Crippen LogP contribution in [0.2, 0.25) is 0 Å². The maximum absolute atomic E-state index is 12.1. The average molecular weight is 284 g/mol. The highest BCUT2D eigenvalue weighted by Gasteiger charge is 2.27. The summed E-state index contributed by atoms with van der Waals surface area (Å²) in [4.78, 5) is 24.0. The zero-order valence-corrected chi connectivity index (χ0v) is 10.8. The Labute approximate surface area is 114 Å². The number of ether oxygens (including phenoxy) is 1. The van der Waals surface area contributed by atoms with E-state index >= 15 is 0 Å². The first kappa shape index (κ1) is 14.3. The first-order valence-corrected chi connectivity index (χ1v) is 6.28. The fourth-order valence-electron chi connectivity index (χ4n) is 2.03. The third-order valence-electron chi connectivity index (χ3n) is 3.12. The molecule has 0 saturated carbocycles. The lowest BCUT2D eigenvalue weighted by Crippen LogP contribution is -2.41. The van der Waals surface area contributed by atoms with E-state index in [1.54, 1.807) is 4.90 Å². The standard InChI is InChI=1S/C11H16N4O5/c12-10-9(13-20-14-10)11(18)15-4-1-7(2-5-15)19-6-3-8(16)17/h7H,1-6H2,(H2,12,14)(H,16,17). The van der Waals surface area contributed by atoms with Crippen LogP contribution in [0.5, 0.6) is 0 Å². The minimum atomic E-state index is -0.883. The van der Waals surface area contributed by atoms with Gasteiger partial charge in [-0.3, -0.25) is 9.59 Å². The molecule has 9 nitrogen and oxygen atoms in total. The maximum Gasteiger partial charge on any atom is 0.305 e. The lowest BCUT2D eigenvalue weighted by molar-refractivity contribution is -0.138. The molecule has 20 heavy (non-hydrogen) atoms. The van der Waals surface area contributed by atoms with Crippen molar-refractivity contribution in [1.29, 1.82) is 0 Å². The molecule has 0 aromatic carbocycles. The van der Waals surface area contributed by atoms with Gasteiger partial charge in [-0.15, -0.1) is 0 Å². The van der Waals surface area contributed by atoms with Gasteiger partial charge in [-0.25, -0.2) is 4.63 Å². The monoisotopic (exact) mass is 284 g/mol. The Kier molecular flexibility index (Phi) is 4.51. The molecular weight excluding hydrogens is 268 g/mol. The third kappa shape index (κ3) is 3.44. The van der Waals surface area contributed by atoms with E-state index in [2.05, 4.69) is 14.9 Å². The molecule has 1 aromatic rings. The van der Waals surface area contributed by atoms with E-state index in [0.717, 1.165) is 0 Å². The normalized spacial score (nSPS) is 16.3. The van der Waals surface area contributed by atoms with Gasteiger partial charge in [0.05, 0.1) is 19.1 Å². The van der Waals surface area contributed by atoms with Gasteiger partial charge >= 0.3 is 5.97 Å². The molecule has 3 N–H and O–H groups in total. The topological polar surface area (TPSA) is 132 Å².